The second-order valence-electron chi connectivity index (χ2n) is 7.03. The van der Waals surface area contributed by atoms with Crippen LogP contribution in [0.1, 0.15) is 40.0 Å². The van der Waals surface area contributed by atoms with Gasteiger partial charge in [-0.1, -0.05) is 32.4 Å². The van der Waals surface area contributed by atoms with Crippen molar-refractivity contribution < 1.29 is 14.3 Å². The Labute approximate surface area is 123 Å². The van der Waals surface area contributed by atoms with Crippen LogP contribution in [-0.2, 0) is 4.43 Å². The predicted molar refractivity (Wildman–Crippen MR) is 84.7 cm³/mol. The van der Waals surface area contributed by atoms with Gasteiger partial charge in [-0.2, -0.15) is 0 Å². The molecule has 1 aliphatic heterocycles. The number of amides is 1. The maximum Gasteiger partial charge on any atom is 0.407 e. The summed E-state index contributed by atoms with van der Waals surface area (Å²) in [6, 6.07) is 0. The molecule has 0 aliphatic carbocycles. The second-order valence-corrected chi connectivity index (χ2v) is 11.8. The van der Waals surface area contributed by atoms with Gasteiger partial charge < -0.3 is 14.4 Å². The molecule has 0 aromatic heterocycles. The van der Waals surface area contributed by atoms with E-state index in [0.29, 0.717) is 13.1 Å². The van der Waals surface area contributed by atoms with Crippen molar-refractivity contribution in [2.24, 2.45) is 0 Å². The molecule has 0 unspecified atom stereocenters. The van der Waals surface area contributed by atoms with Crippen molar-refractivity contribution in [1.29, 1.82) is 0 Å². The van der Waals surface area contributed by atoms with E-state index in [9.17, 15) is 4.79 Å². The summed E-state index contributed by atoms with van der Waals surface area (Å²) in [5, 5.41) is 9.15. The smallest absolute Gasteiger partial charge is 0.407 e. The average Bonchev–Trinajstić information content (AvgIpc) is 2.34. The van der Waals surface area contributed by atoms with Gasteiger partial charge in [-0.3, -0.25) is 0 Å². The predicted octanol–water partition coefficient (Wildman–Crippen LogP) is 4.10. The minimum Gasteiger partial charge on any atom is -0.465 e. The van der Waals surface area contributed by atoms with E-state index in [1.165, 1.54) is 10.5 Å². The highest BCUT2D eigenvalue weighted by Crippen LogP contribution is 2.36. The van der Waals surface area contributed by atoms with Crippen LogP contribution in [0.15, 0.2) is 11.6 Å². The largest absolute Gasteiger partial charge is 0.465 e. The van der Waals surface area contributed by atoms with Crippen LogP contribution in [-0.4, -0.2) is 44.1 Å². The molecule has 0 spiro atoms. The van der Waals surface area contributed by atoms with Crippen LogP contribution < -0.4 is 0 Å². The molecule has 0 aromatic carbocycles. The molecule has 0 saturated carbocycles. The van der Waals surface area contributed by atoms with Crippen LogP contribution in [0.3, 0.4) is 0 Å². The number of nitrogens with zero attached hydrogens (tertiary/aromatic N) is 1. The van der Waals surface area contributed by atoms with Crippen LogP contribution in [0.4, 0.5) is 4.79 Å². The lowest BCUT2D eigenvalue weighted by atomic mass is 10.0. The van der Waals surface area contributed by atoms with Crippen molar-refractivity contribution in [3.63, 3.8) is 0 Å². The number of piperidine rings is 1. The molecule has 1 heterocycles. The first-order valence-electron chi connectivity index (χ1n) is 7.43. The number of hydrogen-bond acceptors (Lipinski definition) is 2. The highest BCUT2D eigenvalue weighted by Gasteiger charge is 2.36. The van der Waals surface area contributed by atoms with Crippen LogP contribution in [0, 0.1) is 0 Å². The van der Waals surface area contributed by atoms with Gasteiger partial charge in [0, 0.05) is 19.7 Å². The molecule has 1 amide bonds. The molecule has 0 atom stereocenters. The number of likely N-dealkylation sites (tertiary alicyclic amines) is 1. The molecule has 0 aromatic rings. The third kappa shape index (κ3) is 4.94. The lowest BCUT2D eigenvalue weighted by Crippen LogP contribution is -2.40. The highest BCUT2D eigenvalue weighted by molar-refractivity contribution is 6.74. The zero-order valence-corrected chi connectivity index (χ0v) is 14.5. The molecule has 20 heavy (non-hydrogen) atoms. The summed E-state index contributed by atoms with van der Waals surface area (Å²) < 4.78 is 6.13. The van der Waals surface area contributed by atoms with E-state index < -0.39 is 14.4 Å². The Morgan fingerprint density at radius 2 is 1.90 bits per heavy atom. The van der Waals surface area contributed by atoms with Gasteiger partial charge >= 0.3 is 6.09 Å². The van der Waals surface area contributed by atoms with Crippen molar-refractivity contribution in [2.45, 2.75) is 58.2 Å². The van der Waals surface area contributed by atoms with E-state index in [0.717, 1.165) is 25.9 Å². The third-order valence-electron chi connectivity index (χ3n) is 4.50. The van der Waals surface area contributed by atoms with Gasteiger partial charge in [0.1, 0.15) is 0 Å². The molecule has 1 aliphatic rings. The van der Waals surface area contributed by atoms with Crippen LogP contribution in [0.2, 0.25) is 18.1 Å². The average molecular weight is 299 g/mol. The number of carbonyl (C=O) groups is 1. The van der Waals surface area contributed by atoms with E-state index in [2.05, 4.69) is 39.9 Å². The Morgan fingerprint density at radius 3 is 2.35 bits per heavy atom. The molecular weight excluding hydrogens is 270 g/mol. The van der Waals surface area contributed by atoms with Gasteiger partial charge in [0.2, 0.25) is 0 Å². The lowest BCUT2D eigenvalue weighted by molar-refractivity contribution is 0.141. The molecule has 0 bridgehead atoms. The maximum absolute atomic E-state index is 10.8. The van der Waals surface area contributed by atoms with Crippen molar-refractivity contribution in [2.75, 3.05) is 19.7 Å². The van der Waals surface area contributed by atoms with E-state index in [4.69, 9.17) is 9.53 Å². The van der Waals surface area contributed by atoms with Gasteiger partial charge in [0.15, 0.2) is 8.32 Å². The molecule has 5 heteroatoms. The third-order valence-corrected chi connectivity index (χ3v) is 9.03. The highest BCUT2D eigenvalue weighted by atomic mass is 28.4. The van der Waals surface area contributed by atoms with E-state index in [1.807, 2.05) is 0 Å². The molecule has 0 radical (unpaired) electrons. The molecule has 1 saturated heterocycles. The Balaban J connectivity index is 2.31. The summed E-state index contributed by atoms with van der Waals surface area (Å²) in [4.78, 5) is 12.3. The first-order chi connectivity index (χ1) is 9.13. The van der Waals surface area contributed by atoms with Gasteiger partial charge in [-0.05, 0) is 37.4 Å². The summed E-state index contributed by atoms with van der Waals surface area (Å²) >= 11 is 0. The van der Waals surface area contributed by atoms with E-state index in [1.54, 1.807) is 0 Å². The van der Waals surface area contributed by atoms with Crippen molar-refractivity contribution in [3.05, 3.63) is 11.6 Å². The SMILES string of the molecule is CC(C)(C)[Si](C)(C)OCCC=C1CCN(C(=O)O)CC1. The zero-order valence-electron chi connectivity index (χ0n) is 13.5. The first-order valence-corrected chi connectivity index (χ1v) is 10.3. The fraction of sp³-hybridized carbons (Fsp3) is 0.800. The fourth-order valence-electron chi connectivity index (χ4n) is 1.98. The summed E-state index contributed by atoms with van der Waals surface area (Å²) in [5.41, 5.74) is 1.38. The van der Waals surface area contributed by atoms with Crippen molar-refractivity contribution >= 4 is 14.4 Å². The van der Waals surface area contributed by atoms with E-state index >= 15 is 0 Å². The van der Waals surface area contributed by atoms with Crippen molar-refractivity contribution in [3.8, 4) is 0 Å². The molecular formula is C15H29NO3Si. The van der Waals surface area contributed by atoms with E-state index in [-0.39, 0.29) is 5.04 Å². The minimum atomic E-state index is -1.63. The number of hydrogen-bond donors (Lipinski definition) is 1. The summed E-state index contributed by atoms with van der Waals surface area (Å²) in [6.07, 6.45) is 4.12. The standard InChI is InChI=1S/C15H29NO3Si/c1-15(2,3)20(4,5)19-12-6-7-13-8-10-16(11-9-13)14(17)18/h7H,6,8-12H2,1-5H3,(H,17,18). The number of carboxylic acid groups (broad SMARTS) is 1. The monoisotopic (exact) mass is 299 g/mol. The zero-order chi connectivity index (χ0) is 15.4. The second kappa shape index (κ2) is 6.76. The molecule has 1 rings (SSSR count). The van der Waals surface area contributed by atoms with Crippen LogP contribution in [0.25, 0.3) is 0 Å². The topological polar surface area (TPSA) is 49.8 Å². The Kier molecular flexibility index (Phi) is 5.83. The Hall–Kier alpha value is -0.813. The first kappa shape index (κ1) is 17.2. The molecule has 116 valence electrons. The van der Waals surface area contributed by atoms with Crippen molar-refractivity contribution in [1.82, 2.24) is 4.90 Å². The Bertz CT molecular complexity index is 362. The summed E-state index contributed by atoms with van der Waals surface area (Å²) in [6.45, 7) is 13.3. The normalized spacial score (nSPS) is 17.2. The molecule has 1 N–H and O–H groups in total. The minimum absolute atomic E-state index is 0.257. The maximum atomic E-state index is 10.8. The number of rotatable bonds is 4. The molecule has 4 nitrogen and oxygen atoms in total. The molecule has 1 fully saturated rings. The fourth-order valence-corrected chi connectivity index (χ4v) is 3.04. The van der Waals surface area contributed by atoms with Gasteiger partial charge in [-0.25, -0.2) is 4.79 Å². The quantitative estimate of drug-likeness (QED) is 0.483. The van der Waals surface area contributed by atoms with Crippen LogP contribution >= 0.6 is 0 Å². The Morgan fingerprint density at radius 1 is 1.35 bits per heavy atom. The summed E-state index contributed by atoms with van der Waals surface area (Å²) in [5.74, 6) is 0. The van der Waals surface area contributed by atoms with Gasteiger partial charge in [-0.15, -0.1) is 0 Å². The van der Waals surface area contributed by atoms with Gasteiger partial charge in [0.25, 0.3) is 0 Å². The van der Waals surface area contributed by atoms with Crippen LogP contribution in [0.5, 0.6) is 0 Å². The summed E-state index contributed by atoms with van der Waals surface area (Å²) in [7, 11) is -1.63. The lowest BCUT2D eigenvalue weighted by Gasteiger charge is -2.36. The van der Waals surface area contributed by atoms with Gasteiger partial charge in [0.05, 0.1) is 0 Å².